The molecule has 0 spiro atoms. The molecule has 2 N–H and O–H groups in total. The highest BCUT2D eigenvalue weighted by Crippen LogP contribution is 2.33. The van der Waals surface area contributed by atoms with Gasteiger partial charge in [-0.3, -0.25) is 9.59 Å². The third-order valence-corrected chi connectivity index (χ3v) is 6.83. The molecule has 1 saturated heterocycles. The number of carbonyl (C=O) groups is 2. The predicted molar refractivity (Wildman–Crippen MR) is 114 cm³/mol. The van der Waals surface area contributed by atoms with Gasteiger partial charge in [0.2, 0.25) is 11.7 Å². The third-order valence-electron chi connectivity index (χ3n) is 5.86. The van der Waals surface area contributed by atoms with E-state index >= 15 is 0 Å². The summed E-state index contributed by atoms with van der Waals surface area (Å²) in [5.74, 6) is -4.96. The summed E-state index contributed by atoms with van der Waals surface area (Å²) in [5.41, 5.74) is 5.37. The Morgan fingerprint density at radius 1 is 1.06 bits per heavy atom. The molecule has 1 aromatic heterocycles. The molecule has 1 atom stereocenters. The first-order chi connectivity index (χ1) is 16.5. The van der Waals surface area contributed by atoms with Gasteiger partial charge < -0.3 is 20.1 Å². The molecule has 2 aromatic rings. The van der Waals surface area contributed by atoms with E-state index in [2.05, 4.69) is 4.98 Å². The first-order valence-electron chi connectivity index (χ1n) is 10.7. The molecule has 14 heteroatoms. The Labute approximate surface area is 200 Å². The van der Waals surface area contributed by atoms with Gasteiger partial charge in [-0.1, -0.05) is 0 Å². The van der Waals surface area contributed by atoms with Crippen LogP contribution in [-0.4, -0.2) is 61.9 Å². The fourth-order valence-corrected chi connectivity index (χ4v) is 5.07. The van der Waals surface area contributed by atoms with Crippen LogP contribution in [0.3, 0.4) is 0 Å². The number of nitrogens with two attached hydrogens (primary N) is 1. The molecule has 35 heavy (non-hydrogen) atoms. The summed E-state index contributed by atoms with van der Waals surface area (Å²) in [4.78, 5) is 31.9. The highest BCUT2D eigenvalue weighted by molar-refractivity contribution is 7.99. The van der Waals surface area contributed by atoms with Gasteiger partial charge in [-0.25, -0.2) is 18.2 Å². The van der Waals surface area contributed by atoms with Crippen molar-refractivity contribution in [3.8, 4) is 0 Å². The van der Waals surface area contributed by atoms with Gasteiger partial charge in [-0.2, -0.15) is 13.2 Å². The minimum absolute atomic E-state index is 0.0148. The van der Waals surface area contributed by atoms with Crippen molar-refractivity contribution in [3.63, 3.8) is 0 Å². The van der Waals surface area contributed by atoms with Crippen molar-refractivity contribution >= 4 is 23.6 Å². The van der Waals surface area contributed by atoms with Crippen LogP contribution in [-0.2, 0) is 30.5 Å². The number of halogens is 6. The number of imidazole rings is 1. The zero-order valence-corrected chi connectivity index (χ0v) is 19.1. The van der Waals surface area contributed by atoms with E-state index in [4.69, 9.17) is 5.73 Å². The van der Waals surface area contributed by atoms with E-state index in [9.17, 15) is 35.9 Å². The summed E-state index contributed by atoms with van der Waals surface area (Å²) in [6.07, 6.45) is -5.35. The molecule has 0 radical (unpaired) electrons. The van der Waals surface area contributed by atoms with E-state index in [1.807, 2.05) is 0 Å². The molecule has 4 rings (SSSR count). The lowest BCUT2D eigenvalue weighted by atomic mass is 10.0. The quantitative estimate of drug-likeness (QED) is 0.483. The van der Waals surface area contributed by atoms with Crippen LogP contribution in [0, 0.1) is 17.5 Å². The number of rotatable bonds is 5. The second kappa shape index (κ2) is 9.72. The second-order valence-corrected chi connectivity index (χ2v) is 9.40. The number of amides is 2. The summed E-state index contributed by atoms with van der Waals surface area (Å²) >= 11 is 1.47. The summed E-state index contributed by atoms with van der Waals surface area (Å²) in [7, 11) is 0. The van der Waals surface area contributed by atoms with E-state index in [0.717, 1.165) is 4.57 Å². The van der Waals surface area contributed by atoms with Crippen molar-refractivity contribution in [1.29, 1.82) is 0 Å². The first-order valence-corrected chi connectivity index (χ1v) is 11.8. The van der Waals surface area contributed by atoms with Crippen LogP contribution in [0.15, 0.2) is 12.1 Å². The number of thioether (sulfide) groups is 1. The number of nitrogens with zero attached hydrogens (tertiary/aromatic N) is 4. The molecular weight excluding hydrogens is 500 g/mol. The zero-order chi connectivity index (χ0) is 25.5. The zero-order valence-electron chi connectivity index (χ0n) is 18.2. The molecule has 1 fully saturated rings. The van der Waals surface area contributed by atoms with Crippen molar-refractivity contribution in [3.05, 3.63) is 52.4 Å². The van der Waals surface area contributed by atoms with Gasteiger partial charge in [0, 0.05) is 43.9 Å². The number of carbonyl (C=O) groups excluding carboxylic acids is 2. The minimum atomic E-state index is -4.78. The van der Waals surface area contributed by atoms with E-state index in [0.29, 0.717) is 30.3 Å². The van der Waals surface area contributed by atoms with Crippen LogP contribution in [0.4, 0.5) is 26.3 Å². The van der Waals surface area contributed by atoms with Gasteiger partial charge in [0.25, 0.3) is 5.91 Å². The molecule has 0 bridgehead atoms. The van der Waals surface area contributed by atoms with Crippen molar-refractivity contribution in [2.45, 2.75) is 38.1 Å². The summed E-state index contributed by atoms with van der Waals surface area (Å²) in [6.45, 7) is -0.200. The fourth-order valence-electron chi connectivity index (χ4n) is 4.12. The highest BCUT2D eigenvalue weighted by atomic mass is 32.2. The van der Waals surface area contributed by atoms with E-state index in [1.165, 1.54) is 21.6 Å². The molecule has 3 heterocycles. The predicted octanol–water partition coefficient (Wildman–Crippen LogP) is 2.77. The molecular formula is C21H21F6N5O2S. The summed E-state index contributed by atoms with van der Waals surface area (Å²) in [6, 6.07) is 0.102. The Bertz CT molecular complexity index is 1150. The maximum atomic E-state index is 13.9. The smallest absolute Gasteiger partial charge is 0.335 e. The maximum absolute atomic E-state index is 13.9. The van der Waals surface area contributed by atoms with Gasteiger partial charge in [0.05, 0.1) is 18.1 Å². The van der Waals surface area contributed by atoms with Crippen LogP contribution < -0.4 is 5.73 Å². The van der Waals surface area contributed by atoms with Gasteiger partial charge >= 0.3 is 6.18 Å². The Balaban J connectivity index is 1.51. The van der Waals surface area contributed by atoms with Crippen LogP contribution in [0.5, 0.6) is 0 Å². The Hall–Kier alpha value is -2.74. The largest absolute Gasteiger partial charge is 0.449 e. The SMILES string of the molecule is NC(CC(=O)N1CCn2c(C(F)(F)F)nc(C(=O)N3CCSC3)c2C1)Cc1cc(F)c(F)cc1F. The average Bonchev–Trinajstić information content (AvgIpc) is 3.44. The van der Waals surface area contributed by atoms with Crippen LogP contribution >= 0.6 is 11.8 Å². The van der Waals surface area contributed by atoms with Gasteiger partial charge in [-0.05, 0) is 18.1 Å². The minimum Gasteiger partial charge on any atom is -0.335 e. The molecule has 0 aliphatic carbocycles. The number of fused-ring (bicyclic) bond motifs is 1. The highest BCUT2D eigenvalue weighted by Gasteiger charge is 2.42. The molecule has 2 amide bonds. The van der Waals surface area contributed by atoms with Gasteiger partial charge in [0.15, 0.2) is 17.3 Å². The third kappa shape index (κ3) is 5.27. The van der Waals surface area contributed by atoms with Gasteiger partial charge in [-0.15, -0.1) is 11.8 Å². The molecule has 0 saturated carbocycles. The number of benzene rings is 1. The molecule has 1 unspecified atom stereocenters. The molecule has 2 aliphatic heterocycles. The van der Waals surface area contributed by atoms with Crippen LogP contribution in [0.2, 0.25) is 0 Å². The number of hydrogen-bond acceptors (Lipinski definition) is 5. The Morgan fingerprint density at radius 3 is 2.43 bits per heavy atom. The standard InChI is InChI=1S/C21H21F6N5O2S/c22-13-8-15(24)14(23)6-11(13)5-12(28)7-17(33)30-1-2-32-16(9-30)18(29-20(32)21(25,26)27)19(34)31-3-4-35-10-31/h6,8,12H,1-5,7,9-10,28H2. The lowest BCUT2D eigenvalue weighted by Crippen LogP contribution is -2.42. The van der Waals surface area contributed by atoms with Gasteiger partial charge in [0.1, 0.15) is 5.82 Å². The van der Waals surface area contributed by atoms with E-state index < -0.39 is 47.3 Å². The number of alkyl halides is 3. The monoisotopic (exact) mass is 521 g/mol. The Kier molecular flexibility index (Phi) is 7.04. The number of aromatic nitrogens is 2. The fraction of sp³-hybridized carbons (Fsp3) is 0.476. The molecule has 2 aliphatic rings. The topological polar surface area (TPSA) is 84.5 Å². The van der Waals surface area contributed by atoms with Crippen molar-refractivity contribution in [2.24, 2.45) is 5.73 Å². The van der Waals surface area contributed by atoms with Crippen molar-refractivity contribution in [2.75, 3.05) is 24.7 Å². The van der Waals surface area contributed by atoms with Crippen molar-refractivity contribution in [1.82, 2.24) is 19.4 Å². The average molecular weight is 521 g/mol. The van der Waals surface area contributed by atoms with E-state index in [-0.39, 0.29) is 49.4 Å². The molecule has 1 aromatic carbocycles. The van der Waals surface area contributed by atoms with Crippen molar-refractivity contribution < 1.29 is 35.9 Å². The summed E-state index contributed by atoms with van der Waals surface area (Å²) in [5, 5.41) is 0. The lowest BCUT2D eigenvalue weighted by Gasteiger charge is -2.30. The molecule has 7 nitrogen and oxygen atoms in total. The maximum Gasteiger partial charge on any atom is 0.449 e. The second-order valence-electron chi connectivity index (χ2n) is 8.33. The normalized spacial score (nSPS) is 17.0. The van der Waals surface area contributed by atoms with E-state index in [1.54, 1.807) is 0 Å². The Morgan fingerprint density at radius 2 is 1.77 bits per heavy atom. The summed E-state index contributed by atoms with van der Waals surface area (Å²) < 4.78 is 82.0. The number of hydrogen-bond donors (Lipinski definition) is 1. The van der Waals surface area contributed by atoms with Crippen LogP contribution in [0.25, 0.3) is 0 Å². The van der Waals surface area contributed by atoms with Crippen LogP contribution in [0.1, 0.15) is 34.0 Å². The lowest BCUT2D eigenvalue weighted by molar-refractivity contribution is -0.148. The first kappa shape index (κ1) is 25.4. The molecule has 190 valence electrons.